The minimum atomic E-state index is -0.901. The fourth-order valence-corrected chi connectivity index (χ4v) is 4.86. The number of aliphatic hydroxyl groups is 1. The smallest absolute Gasteiger partial charge is 0.295 e. The Morgan fingerprint density at radius 1 is 0.853 bits per heavy atom. The highest BCUT2D eigenvalue weighted by Gasteiger charge is 2.46. The Morgan fingerprint density at radius 2 is 1.47 bits per heavy atom. The predicted octanol–water partition coefficient (Wildman–Crippen LogP) is 5.47. The number of halogens is 2. The van der Waals surface area contributed by atoms with E-state index in [1.54, 1.807) is 18.2 Å². The van der Waals surface area contributed by atoms with Gasteiger partial charge in [0, 0.05) is 12.1 Å². The minimum absolute atomic E-state index is 0.0329. The van der Waals surface area contributed by atoms with Crippen LogP contribution < -0.4 is 0 Å². The molecule has 34 heavy (non-hydrogen) atoms. The average Bonchev–Trinajstić information content (AvgIpc) is 3.10. The number of ketones is 1. The number of hydrogen-bond acceptors (Lipinski definition) is 3. The molecule has 1 N–H and O–H groups in total. The molecule has 3 aromatic carbocycles. The second-order valence-electron chi connectivity index (χ2n) is 8.80. The first-order valence-corrected chi connectivity index (χ1v) is 11.3. The first-order chi connectivity index (χ1) is 16.4. The number of benzene rings is 3. The third-order valence-electron chi connectivity index (χ3n) is 6.61. The van der Waals surface area contributed by atoms with Crippen LogP contribution in [0.2, 0.25) is 0 Å². The lowest BCUT2D eigenvalue weighted by molar-refractivity contribution is -0.140. The zero-order chi connectivity index (χ0) is 23.8. The molecule has 1 heterocycles. The molecule has 0 bridgehead atoms. The third kappa shape index (κ3) is 4.00. The quantitative estimate of drug-likeness (QED) is 0.320. The number of Topliss-reactive ketones (excluding diaryl/α,β-unsaturated/α-hetero) is 1. The van der Waals surface area contributed by atoms with Crippen molar-refractivity contribution in [1.29, 1.82) is 0 Å². The van der Waals surface area contributed by atoms with E-state index in [0.29, 0.717) is 16.7 Å². The van der Waals surface area contributed by atoms with E-state index in [1.165, 1.54) is 46.9 Å². The lowest BCUT2D eigenvalue weighted by Gasteiger charge is -2.25. The summed E-state index contributed by atoms with van der Waals surface area (Å²) in [4.78, 5) is 27.6. The van der Waals surface area contributed by atoms with Crippen molar-refractivity contribution < 1.29 is 23.5 Å². The molecule has 0 spiro atoms. The number of aliphatic hydroxyl groups excluding tert-OH is 1. The second-order valence-corrected chi connectivity index (χ2v) is 8.80. The predicted molar refractivity (Wildman–Crippen MR) is 124 cm³/mol. The van der Waals surface area contributed by atoms with Crippen LogP contribution in [0.5, 0.6) is 0 Å². The summed E-state index contributed by atoms with van der Waals surface area (Å²) < 4.78 is 27.0. The van der Waals surface area contributed by atoms with Gasteiger partial charge in [0.2, 0.25) is 0 Å². The number of fused-ring (bicyclic) bond motifs is 1. The Labute approximate surface area is 196 Å². The summed E-state index contributed by atoms with van der Waals surface area (Å²) in [5, 5.41) is 11.3. The van der Waals surface area contributed by atoms with Crippen LogP contribution >= 0.6 is 0 Å². The van der Waals surface area contributed by atoms with Crippen LogP contribution in [0, 0.1) is 11.6 Å². The molecule has 3 aromatic rings. The van der Waals surface area contributed by atoms with Gasteiger partial charge >= 0.3 is 0 Å². The van der Waals surface area contributed by atoms with Crippen molar-refractivity contribution in [1.82, 2.24) is 4.90 Å². The molecule has 0 radical (unpaired) electrons. The van der Waals surface area contributed by atoms with E-state index >= 15 is 0 Å². The van der Waals surface area contributed by atoms with Crippen LogP contribution in [0.15, 0.2) is 72.3 Å². The van der Waals surface area contributed by atoms with Gasteiger partial charge in [0.15, 0.2) is 0 Å². The lowest BCUT2D eigenvalue weighted by Crippen LogP contribution is -2.29. The molecule has 0 aromatic heterocycles. The standard InChI is InChI=1S/C28H23F2NO3/c29-22-11-5-17(6-12-22)16-31-25(19-9-13-23(30)14-10-19)24(27(33)28(31)34)26(32)21-8-7-18-3-1-2-4-20(18)15-21/h5-15,25,32H,1-4,16H2/b26-24-. The summed E-state index contributed by atoms with van der Waals surface area (Å²) >= 11 is 0. The largest absolute Gasteiger partial charge is 0.507 e. The number of nitrogens with zero attached hydrogens (tertiary/aromatic N) is 1. The normalized spacial score (nSPS) is 19.4. The number of carbonyl (C=O) groups excluding carboxylic acids is 2. The van der Waals surface area contributed by atoms with Crippen molar-refractivity contribution in [3.8, 4) is 0 Å². The fraction of sp³-hybridized carbons (Fsp3) is 0.214. The van der Waals surface area contributed by atoms with Gasteiger partial charge in [-0.25, -0.2) is 8.78 Å². The molecule has 1 saturated heterocycles. The van der Waals surface area contributed by atoms with Crippen LogP contribution in [-0.4, -0.2) is 21.7 Å². The number of amides is 1. The molecule has 1 aliphatic carbocycles. The van der Waals surface area contributed by atoms with E-state index in [4.69, 9.17) is 0 Å². The molecule has 1 atom stereocenters. The minimum Gasteiger partial charge on any atom is -0.507 e. The summed E-state index contributed by atoms with van der Waals surface area (Å²) in [6.45, 7) is 0.0356. The molecule has 1 fully saturated rings. The number of aryl methyl sites for hydroxylation is 2. The Bertz CT molecular complexity index is 1300. The van der Waals surface area contributed by atoms with Crippen LogP contribution in [-0.2, 0) is 29.0 Å². The average molecular weight is 459 g/mol. The van der Waals surface area contributed by atoms with Crippen molar-refractivity contribution in [2.75, 3.05) is 0 Å². The molecule has 0 saturated carbocycles. The Morgan fingerprint density at radius 3 is 2.15 bits per heavy atom. The van der Waals surface area contributed by atoms with Gasteiger partial charge in [-0.3, -0.25) is 9.59 Å². The zero-order valence-electron chi connectivity index (χ0n) is 18.4. The lowest BCUT2D eigenvalue weighted by atomic mass is 9.88. The highest BCUT2D eigenvalue weighted by molar-refractivity contribution is 6.46. The van der Waals surface area contributed by atoms with E-state index in [9.17, 15) is 23.5 Å². The molecule has 6 heteroatoms. The second kappa shape index (κ2) is 8.86. The maximum atomic E-state index is 13.6. The Kier molecular flexibility index (Phi) is 5.74. The maximum Gasteiger partial charge on any atom is 0.295 e. The van der Waals surface area contributed by atoms with Crippen LogP contribution in [0.3, 0.4) is 0 Å². The van der Waals surface area contributed by atoms with E-state index in [0.717, 1.165) is 31.2 Å². The van der Waals surface area contributed by atoms with Gasteiger partial charge in [0.25, 0.3) is 11.7 Å². The third-order valence-corrected chi connectivity index (χ3v) is 6.61. The van der Waals surface area contributed by atoms with Gasteiger partial charge in [-0.1, -0.05) is 36.4 Å². The number of hydrogen-bond donors (Lipinski definition) is 1. The van der Waals surface area contributed by atoms with Crippen LogP contribution in [0.1, 0.15) is 46.7 Å². The van der Waals surface area contributed by atoms with Crippen molar-refractivity contribution >= 4 is 17.4 Å². The number of rotatable bonds is 4. The van der Waals surface area contributed by atoms with Gasteiger partial charge in [-0.15, -0.1) is 0 Å². The van der Waals surface area contributed by atoms with E-state index < -0.39 is 29.4 Å². The summed E-state index contributed by atoms with van der Waals surface area (Å²) in [5.41, 5.74) is 3.94. The molecule has 2 aliphatic rings. The Hall–Kier alpha value is -3.80. The maximum absolute atomic E-state index is 13.6. The van der Waals surface area contributed by atoms with Gasteiger partial charge in [-0.05, 0) is 78.3 Å². The van der Waals surface area contributed by atoms with Crippen LogP contribution in [0.25, 0.3) is 5.76 Å². The molecule has 1 unspecified atom stereocenters. The fourth-order valence-electron chi connectivity index (χ4n) is 4.86. The molecule has 5 rings (SSSR count). The molecule has 1 amide bonds. The van der Waals surface area contributed by atoms with Gasteiger partial charge in [0.1, 0.15) is 17.4 Å². The number of likely N-dealkylation sites (tertiary alicyclic amines) is 1. The SMILES string of the molecule is O=C1C(=O)N(Cc2ccc(F)cc2)C(c2ccc(F)cc2)/C1=C(/O)c1ccc2c(c1)CCCC2. The molecule has 4 nitrogen and oxygen atoms in total. The monoisotopic (exact) mass is 459 g/mol. The summed E-state index contributed by atoms with van der Waals surface area (Å²) in [7, 11) is 0. The highest BCUT2D eigenvalue weighted by atomic mass is 19.1. The first-order valence-electron chi connectivity index (χ1n) is 11.3. The van der Waals surface area contributed by atoms with Crippen molar-refractivity contribution in [3.05, 3.63) is 112 Å². The van der Waals surface area contributed by atoms with E-state index in [1.807, 2.05) is 12.1 Å². The summed E-state index contributed by atoms with van der Waals surface area (Å²) in [5.74, 6) is -2.67. The van der Waals surface area contributed by atoms with Crippen molar-refractivity contribution in [2.45, 2.75) is 38.3 Å². The summed E-state index contributed by atoms with van der Waals surface area (Å²) in [6, 6.07) is 15.9. The molecule has 1 aliphatic heterocycles. The number of carbonyl (C=O) groups is 2. The summed E-state index contributed by atoms with van der Waals surface area (Å²) in [6.07, 6.45) is 4.07. The first kappa shape index (κ1) is 22.0. The highest BCUT2D eigenvalue weighted by Crippen LogP contribution is 2.40. The van der Waals surface area contributed by atoms with Crippen molar-refractivity contribution in [3.63, 3.8) is 0 Å². The van der Waals surface area contributed by atoms with Gasteiger partial charge in [-0.2, -0.15) is 0 Å². The molecule has 172 valence electrons. The van der Waals surface area contributed by atoms with Crippen LogP contribution in [0.4, 0.5) is 8.78 Å². The Balaban J connectivity index is 1.62. The molecular formula is C28H23F2NO3. The zero-order valence-corrected chi connectivity index (χ0v) is 18.4. The topological polar surface area (TPSA) is 57.6 Å². The molecular weight excluding hydrogens is 436 g/mol. The van der Waals surface area contributed by atoms with Gasteiger partial charge < -0.3 is 10.0 Å². The van der Waals surface area contributed by atoms with Gasteiger partial charge in [0.05, 0.1) is 11.6 Å². The van der Waals surface area contributed by atoms with E-state index in [2.05, 4.69) is 0 Å². The van der Waals surface area contributed by atoms with E-state index in [-0.39, 0.29) is 17.9 Å². The van der Waals surface area contributed by atoms with Crippen molar-refractivity contribution in [2.24, 2.45) is 0 Å².